The fourth-order valence-electron chi connectivity index (χ4n) is 2.72. The molecular weight excluding hydrogens is 340 g/mol. The highest BCUT2D eigenvalue weighted by atomic mass is 31.1. The lowest BCUT2D eigenvalue weighted by Crippen LogP contribution is -2.15. The van der Waals surface area contributed by atoms with Crippen molar-refractivity contribution < 1.29 is 13.2 Å². The molecule has 0 aliphatic heterocycles. The lowest BCUT2D eigenvalue weighted by molar-refractivity contribution is -0.137. The van der Waals surface area contributed by atoms with E-state index in [9.17, 15) is 13.2 Å². The smallest absolute Gasteiger partial charge is 0.166 e. The summed E-state index contributed by atoms with van der Waals surface area (Å²) in [6, 6.07) is 26.2. The van der Waals surface area contributed by atoms with E-state index in [0.29, 0.717) is 0 Å². The Labute approximate surface area is 147 Å². The lowest BCUT2D eigenvalue weighted by Gasteiger charge is -2.19. The number of benzene rings is 3. The molecule has 0 saturated heterocycles. The average Bonchev–Trinajstić information content (AvgIpc) is 2.63. The molecule has 3 aromatic carbocycles. The molecule has 0 heterocycles. The van der Waals surface area contributed by atoms with Crippen molar-refractivity contribution in [2.75, 3.05) is 6.16 Å². The van der Waals surface area contributed by atoms with Gasteiger partial charge >= 0.3 is 6.18 Å². The van der Waals surface area contributed by atoms with Crippen LogP contribution in [0.4, 0.5) is 13.2 Å². The molecule has 0 bridgehead atoms. The normalized spacial score (nSPS) is 11.7. The molecule has 4 heteroatoms. The van der Waals surface area contributed by atoms with Gasteiger partial charge in [-0.1, -0.05) is 72.8 Å². The van der Waals surface area contributed by atoms with Gasteiger partial charge in [0, 0.05) is 0 Å². The van der Waals surface area contributed by atoms with E-state index < -0.39 is 19.7 Å². The number of halogens is 3. The minimum Gasteiger partial charge on any atom is -0.166 e. The van der Waals surface area contributed by atoms with E-state index in [0.717, 1.165) is 18.1 Å². The highest BCUT2D eigenvalue weighted by molar-refractivity contribution is 7.73. The summed E-state index contributed by atoms with van der Waals surface area (Å²) in [5, 5.41) is 2.58. The summed E-state index contributed by atoms with van der Waals surface area (Å²) in [7, 11) is -0.527. The Morgan fingerprint density at radius 3 is 1.56 bits per heavy atom. The zero-order valence-corrected chi connectivity index (χ0v) is 14.5. The SMILES string of the molecule is FC(F)(F)c1ccc(CCP(c2ccccc2)c2ccccc2)cc1. The first-order valence-electron chi connectivity index (χ1n) is 8.08. The summed E-state index contributed by atoms with van der Waals surface area (Å²) in [5.41, 5.74) is 0.344. The van der Waals surface area contributed by atoms with Gasteiger partial charge < -0.3 is 0 Å². The van der Waals surface area contributed by atoms with Crippen LogP contribution in [0.25, 0.3) is 0 Å². The Bertz CT molecular complexity index is 741. The van der Waals surface area contributed by atoms with Crippen molar-refractivity contribution in [3.63, 3.8) is 0 Å². The highest BCUT2D eigenvalue weighted by Crippen LogP contribution is 2.34. The maximum Gasteiger partial charge on any atom is 0.416 e. The lowest BCUT2D eigenvalue weighted by atomic mass is 10.1. The van der Waals surface area contributed by atoms with E-state index in [-0.39, 0.29) is 0 Å². The summed E-state index contributed by atoms with van der Waals surface area (Å²) < 4.78 is 38.0. The van der Waals surface area contributed by atoms with E-state index in [1.807, 2.05) is 36.4 Å². The molecule has 0 aliphatic rings. The van der Waals surface area contributed by atoms with Gasteiger partial charge in [0.05, 0.1) is 5.56 Å². The monoisotopic (exact) mass is 358 g/mol. The standard InChI is InChI=1S/C21H18F3P/c22-21(23,24)18-13-11-17(12-14-18)15-16-25(19-7-3-1-4-8-19)20-9-5-2-6-10-20/h1-14H,15-16H2. The van der Waals surface area contributed by atoms with Gasteiger partial charge in [0.25, 0.3) is 0 Å². The van der Waals surface area contributed by atoms with Crippen molar-refractivity contribution in [2.45, 2.75) is 12.6 Å². The van der Waals surface area contributed by atoms with Gasteiger partial charge in [-0.05, 0) is 48.8 Å². The van der Waals surface area contributed by atoms with Crippen LogP contribution in [0.1, 0.15) is 11.1 Å². The molecule has 0 nitrogen and oxygen atoms in total. The van der Waals surface area contributed by atoms with Crippen LogP contribution in [-0.2, 0) is 12.6 Å². The minimum atomic E-state index is -4.28. The van der Waals surface area contributed by atoms with E-state index in [1.54, 1.807) is 12.1 Å². The molecule has 0 radical (unpaired) electrons. The van der Waals surface area contributed by atoms with Crippen LogP contribution in [0.15, 0.2) is 84.9 Å². The Balaban J connectivity index is 1.77. The molecule has 0 atom stereocenters. The largest absolute Gasteiger partial charge is 0.416 e. The number of hydrogen-bond acceptors (Lipinski definition) is 0. The average molecular weight is 358 g/mol. The molecule has 0 spiro atoms. The molecule has 3 rings (SSSR count). The molecule has 3 aromatic rings. The van der Waals surface area contributed by atoms with Crippen LogP contribution in [0.2, 0.25) is 0 Å². The minimum absolute atomic E-state index is 0.527. The quantitative estimate of drug-likeness (QED) is 0.537. The second kappa shape index (κ2) is 7.84. The van der Waals surface area contributed by atoms with Gasteiger partial charge in [-0.15, -0.1) is 0 Å². The maximum atomic E-state index is 12.7. The third-order valence-corrected chi connectivity index (χ3v) is 6.55. The Kier molecular flexibility index (Phi) is 5.55. The summed E-state index contributed by atoms with van der Waals surface area (Å²) in [4.78, 5) is 0. The van der Waals surface area contributed by atoms with Crippen molar-refractivity contribution in [1.82, 2.24) is 0 Å². The van der Waals surface area contributed by atoms with Gasteiger partial charge in [0.2, 0.25) is 0 Å². The fourth-order valence-corrected chi connectivity index (χ4v) is 5.08. The molecule has 0 aromatic heterocycles. The summed E-state index contributed by atoms with van der Waals surface area (Å²) in [6.45, 7) is 0. The first-order chi connectivity index (χ1) is 12.0. The van der Waals surface area contributed by atoms with Crippen LogP contribution < -0.4 is 10.6 Å². The zero-order valence-electron chi connectivity index (χ0n) is 13.6. The van der Waals surface area contributed by atoms with Gasteiger partial charge in [-0.25, -0.2) is 0 Å². The van der Waals surface area contributed by atoms with E-state index in [4.69, 9.17) is 0 Å². The summed E-state index contributed by atoms with van der Waals surface area (Å²) in [5.74, 6) is 0. The molecule has 0 unspecified atom stereocenters. The topological polar surface area (TPSA) is 0 Å². The summed E-state index contributed by atoms with van der Waals surface area (Å²) >= 11 is 0. The van der Waals surface area contributed by atoms with Crippen LogP contribution in [-0.4, -0.2) is 6.16 Å². The van der Waals surface area contributed by atoms with E-state index >= 15 is 0 Å². The molecule has 0 N–H and O–H groups in total. The van der Waals surface area contributed by atoms with Crippen LogP contribution in [0, 0.1) is 0 Å². The van der Waals surface area contributed by atoms with Crippen LogP contribution >= 0.6 is 7.92 Å². The Hall–Kier alpha value is -2.12. The number of alkyl halides is 3. The van der Waals surface area contributed by atoms with Gasteiger partial charge in [-0.3, -0.25) is 0 Å². The second-order valence-corrected chi connectivity index (χ2v) is 8.10. The molecule has 0 fully saturated rings. The first kappa shape index (κ1) is 17.7. The van der Waals surface area contributed by atoms with Gasteiger partial charge in [0.1, 0.15) is 0 Å². The zero-order chi connectivity index (χ0) is 17.7. The van der Waals surface area contributed by atoms with Crippen molar-refractivity contribution in [1.29, 1.82) is 0 Å². The number of rotatable bonds is 5. The summed E-state index contributed by atoms with van der Waals surface area (Å²) in [6.07, 6.45) is -2.61. The Morgan fingerprint density at radius 1 is 0.640 bits per heavy atom. The molecule has 0 amide bonds. The predicted molar refractivity (Wildman–Crippen MR) is 99.1 cm³/mol. The van der Waals surface area contributed by atoms with E-state index in [1.165, 1.54) is 22.7 Å². The van der Waals surface area contributed by atoms with Crippen molar-refractivity contribution in [3.05, 3.63) is 96.1 Å². The third-order valence-electron chi connectivity index (χ3n) is 4.04. The molecule has 0 saturated carbocycles. The van der Waals surface area contributed by atoms with Gasteiger partial charge in [-0.2, -0.15) is 13.2 Å². The molecule has 128 valence electrons. The third kappa shape index (κ3) is 4.70. The van der Waals surface area contributed by atoms with Crippen molar-refractivity contribution in [2.24, 2.45) is 0 Å². The first-order valence-corrected chi connectivity index (χ1v) is 9.60. The number of hydrogen-bond donors (Lipinski definition) is 0. The maximum absolute atomic E-state index is 12.7. The Morgan fingerprint density at radius 2 is 1.12 bits per heavy atom. The highest BCUT2D eigenvalue weighted by Gasteiger charge is 2.29. The van der Waals surface area contributed by atoms with E-state index in [2.05, 4.69) is 24.3 Å². The molecule has 0 aliphatic carbocycles. The van der Waals surface area contributed by atoms with Crippen LogP contribution in [0.5, 0.6) is 0 Å². The fraction of sp³-hybridized carbons (Fsp3) is 0.143. The predicted octanol–water partition coefficient (Wildman–Crippen LogP) is 5.38. The van der Waals surface area contributed by atoms with Gasteiger partial charge in [0.15, 0.2) is 0 Å². The van der Waals surface area contributed by atoms with Crippen LogP contribution in [0.3, 0.4) is 0 Å². The molecular formula is C21H18F3P. The molecule has 25 heavy (non-hydrogen) atoms. The van der Waals surface area contributed by atoms with Crippen molar-refractivity contribution in [3.8, 4) is 0 Å². The number of aryl methyl sites for hydroxylation is 1. The second-order valence-electron chi connectivity index (χ2n) is 5.77. The van der Waals surface area contributed by atoms with Crippen molar-refractivity contribution >= 4 is 18.5 Å².